The van der Waals surface area contributed by atoms with E-state index in [0.29, 0.717) is 5.56 Å². The molecule has 160 valence electrons. The van der Waals surface area contributed by atoms with Gasteiger partial charge in [0.2, 0.25) is 5.78 Å². The summed E-state index contributed by atoms with van der Waals surface area (Å²) in [6.07, 6.45) is 1.18. The molecule has 0 heterocycles. The van der Waals surface area contributed by atoms with Gasteiger partial charge in [-0.3, -0.25) is 14.9 Å². The number of methoxy groups -OCH3 is 1. The van der Waals surface area contributed by atoms with Gasteiger partial charge in [0.1, 0.15) is 11.3 Å². The lowest BCUT2D eigenvalue weighted by Gasteiger charge is -2.29. The highest BCUT2D eigenvalue weighted by atomic mass is 16.6. The minimum Gasteiger partial charge on any atom is -0.496 e. The largest absolute Gasteiger partial charge is 0.496 e. The van der Waals surface area contributed by atoms with E-state index in [-0.39, 0.29) is 41.2 Å². The molecule has 0 amide bonds. The number of hydrogen-bond acceptors (Lipinski definition) is 8. The van der Waals surface area contributed by atoms with Gasteiger partial charge in [0.05, 0.1) is 36.9 Å². The molecule has 1 rings (SSSR count). The number of nitrogens with zero attached hydrogens (tertiary/aromatic N) is 1. The molecule has 29 heavy (non-hydrogen) atoms. The molecule has 0 unspecified atom stereocenters. The van der Waals surface area contributed by atoms with Gasteiger partial charge in [0.15, 0.2) is 0 Å². The molecule has 9 heteroatoms. The number of ketones is 1. The molecule has 1 aromatic carbocycles. The van der Waals surface area contributed by atoms with Gasteiger partial charge in [0.25, 0.3) is 5.69 Å². The number of benzene rings is 1. The summed E-state index contributed by atoms with van der Waals surface area (Å²) >= 11 is 0. The first-order valence-electron chi connectivity index (χ1n) is 9.09. The standard InChI is InChI=1S/C20H28N2O7/c1-7-29-19(25)14(10-21-17(11-23)20(3,4)5)18(24)13-9-15(22(26)27)12(2)8-16(13)28-6/h8-10,17,21,23H,7,11H2,1-6H3/t17-/m1/s1. The van der Waals surface area contributed by atoms with Crippen molar-refractivity contribution in [1.82, 2.24) is 5.32 Å². The van der Waals surface area contributed by atoms with Gasteiger partial charge >= 0.3 is 5.97 Å². The number of rotatable bonds is 9. The summed E-state index contributed by atoms with van der Waals surface area (Å²) in [4.78, 5) is 36.2. The number of carbonyl (C=O) groups is 2. The molecule has 0 bridgehead atoms. The summed E-state index contributed by atoms with van der Waals surface area (Å²) < 4.78 is 10.2. The van der Waals surface area contributed by atoms with Crippen LogP contribution >= 0.6 is 0 Å². The van der Waals surface area contributed by atoms with E-state index in [1.54, 1.807) is 6.92 Å². The molecule has 0 saturated carbocycles. The normalized spacial score (nSPS) is 12.9. The molecule has 0 aromatic heterocycles. The van der Waals surface area contributed by atoms with Gasteiger partial charge in [-0.05, 0) is 25.3 Å². The van der Waals surface area contributed by atoms with Crippen LogP contribution in [-0.4, -0.2) is 48.1 Å². The number of carbonyl (C=O) groups excluding carboxylic acids is 2. The van der Waals surface area contributed by atoms with Gasteiger partial charge in [-0.25, -0.2) is 4.79 Å². The van der Waals surface area contributed by atoms with Crippen molar-refractivity contribution in [3.63, 3.8) is 0 Å². The van der Waals surface area contributed by atoms with E-state index in [2.05, 4.69) is 5.32 Å². The Hall–Kier alpha value is -2.94. The third-order valence-electron chi connectivity index (χ3n) is 4.36. The number of aliphatic hydroxyl groups excluding tert-OH is 1. The summed E-state index contributed by atoms with van der Waals surface area (Å²) in [6.45, 7) is 8.57. The maximum atomic E-state index is 13.1. The van der Waals surface area contributed by atoms with E-state index < -0.39 is 22.7 Å². The molecule has 0 fully saturated rings. The second-order valence-corrected chi connectivity index (χ2v) is 7.47. The molecular formula is C20H28N2O7. The molecule has 0 aliphatic rings. The summed E-state index contributed by atoms with van der Waals surface area (Å²) in [5.41, 5.74) is -0.813. The average Bonchev–Trinajstić information content (AvgIpc) is 2.63. The fraction of sp³-hybridized carbons (Fsp3) is 0.500. The van der Waals surface area contributed by atoms with E-state index in [0.717, 1.165) is 6.07 Å². The average molecular weight is 408 g/mol. The van der Waals surface area contributed by atoms with E-state index >= 15 is 0 Å². The second kappa shape index (κ2) is 10.0. The number of nitro groups is 1. The van der Waals surface area contributed by atoms with Crippen molar-refractivity contribution in [2.24, 2.45) is 5.41 Å². The molecule has 0 radical (unpaired) electrons. The van der Waals surface area contributed by atoms with Gasteiger partial charge in [-0.15, -0.1) is 0 Å². The maximum Gasteiger partial charge on any atom is 0.343 e. The molecule has 1 aromatic rings. The molecule has 0 aliphatic carbocycles. The highest BCUT2D eigenvalue weighted by Gasteiger charge is 2.29. The quantitative estimate of drug-likeness (QED) is 0.121. The van der Waals surface area contributed by atoms with Gasteiger partial charge in [-0.2, -0.15) is 0 Å². The van der Waals surface area contributed by atoms with Crippen molar-refractivity contribution in [1.29, 1.82) is 0 Å². The van der Waals surface area contributed by atoms with Crippen molar-refractivity contribution in [2.75, 3.05) is 20.3 Å². The fourth-order valence-electron chi connectivity index (χ4n) is 2.54. The topological polar surface area (TPSA) is 128 Å². The van der Waals surface area contributed by atoms with Crippen LogP contribution in [0.1, 0.15) is 43.6 Å². The predicted molar refractivity (Wildman–Crippen MR) is 107 cm³/mol. The first-order valence-corrected chi connectivity index (χ1v) is 9.09. The van der Waals surface area contributed by atoms with Crippen molar-refractivity contribution in [2.45, 2.75) is 40.7 Å². The SMILES string of the molecule is CCOC(=O)C(=CN[C@H](CO)C(C)(C)C)C(=O)c1cc([N+](=O)[O-])c(C)cc1OC. The summed E-state index contributed by atoms with van der Waals surface area (Å²) in [5.74, 6) is -1.58. The van der Waals surface area contributed by atoms with E-state index in [9.17, 15) is 24.8 Å². The number of Topliss-reactive ketones (excluding diaryl/α,β-unsaturated/α-hetero) is 1. The Balaban J connectivity index is 3.49. The smallest absolute Gasteiger partial charge is 0.343 e. The number of ether oxygens (including phenoxy) is 2. The van der Waals surface area contributed by atoms with Crippen LogP contribution in [0.4, 0.5) is 5.69 Å². The molecule has 9 nitrogen and oxygen atoms in total. The number of esters is 1. The van der Waals surface area contributed by atoms with Crippen molar-refractivity contribution in [3.8, 4) is 5.75 Å². The molecular weight excluding hydrogens is 380 g/mol. The number of aliphatic hydroxyl groups is 1. The van der Waals surface area contributed by atoms with Crippen LogP contribution in [0.15, 0.2) is 23.9 Å². The first kappa shape index (κ1) is 24.1. The summed E-state index contributed by atoms with van der Waals surface area (Å²) in [6, 6.07) is 2.00. The van der Waals surface area contributed by atoms with Crippen LogP contribution in [0, 0.1) is 22.5 Å². The van der Waals surface area contributed by atoms with Crippen LogP contribution in [0.25, 0.3) is 0 Å². The monoisotopic (exact) mass is 408 g/mol. The Morgan fingerprint density at radius 1 is 1.34 bits per heavy atom. The zero-order valence-electron chi connectivity index (χ0n) is 17.6. The first-order chi connectivity index (χ1) is 13.5. The van der Waals surface area contributed by atoms with Crippen molar-refractivity contribution < 1.29 is 29.1 Å². The van der Waals surface area contributed by atoms with Gasteiger partial charge < -0.3 is 19.9 Å². The lowest BCUT2D eigenvalue weighted by Crippen LogP contribution is -2.41. The molecule has 1 atom stereocenters. The lowest BCUT2D eigenvalue weighted by atomic mass is 9.87. The highest BCUT2D eigenvalue weighted by Crippen LogP contribution is 2.30. The predicted octanol–water partition coefficient (Wildman–Crippen LogP) is 2.54. The highest BCUT2D eigenvalue weighted by molar-refractivity contribution is 6.25. The van der Waals surface area contributed by atoms with Crippen molar-refractivity contribution >= 4 is 17.4 Å². The van der Waals surface area contributed by atoms with Gasteiger partial charge in [0, 0.05) is 17.8 Å². The van der Waals surface area contributed by atoms with Crippen LogP contribution < -0.4 is 10.1 Å². The minimum atomic E-state index is -0.888. The summed E-state index contributed by atoms with van der Waals surface area (Å²) in [7, 11) is 1.32. The molecule has 0 spiro atoms. The third kappa shape index (κ3) is 6.02. The summed E-state index contributed by atoms with van der Waals surface area (Å²) in [5, 5.41) is 23.7. The minimum absolute atomic E-state index is 0.0390. The number of nitro benzene ring substituents is 1. The van der Waals surface area contributed by atoms with Crippen LogP contribution in [0.2, 0.25) is 0 Å². The van der Waals surface area contributed by atoms with Crippen LogP contribution in [0.5, 0.6) is 5.75 Å². The number of aryl methyl sites for hydroxylation is 1. The Labute approximate surface area is 169 Å². The van der Waals surface area contributed by atoms with E-state index in [4.69, 9.17) is 9.47 Å². The lowest BCUT2D eigenvalue weighted by molar-refractivity contribution is -0.385. The van der Waals surface area contributed by atoms with Crippen LogP contribution in [-0.2, 0) is 9.53 Å². The molecule has 0 saturated heterocycles. The molecule has 0 aliphatic heterocycles. The maximum absolute atomic E-state index is 13.1. The number of hydrogen-bond donors (Lipinski definition) is 2. The second-order valence-electron chi connectivity index (χ2n) is 7.47. The van der Waals surface area contributed by atoms with E-state index in [1.165, 1.54) is 26.3 Å². The molecule has 2 N–H and O–H groups in total. The van der Waals surface area contributed by atoms with Crippen LogP contribution in [0.3, 0.4) is 0 Å². The van der Waals surface area contributed by atoms with E-state index in [1.807, 2.05) is 20.8 Å². The van der Waals surface area contributed by atoms with Crippen molar-refractivity contribution in [3.05, 3.63) is 45.1 Å². The Kier molecular flexibility index (Phi) is 8.32. The number of nitrogens with one attached hydrogen (secondary N) is 1. The Morgan fingerprint density at radius 3 is 2.41 bits per heavy atom. The Morgan fingerprint density at radius 2 is 1.97 bits per heavy atom. The Bertz CT molecular complexity index is 810. The van der Waals surface area contributed by atoms with Gasteiger partial charge in [-0.1, -0.05) is 20.8 Å². The zero-order chi connectivity index (χ0) is 22.4. The zero-order valence-corrected chi connectivity index (χ0v) is 17.6. The third-order valence-corrected chi connectivity index (χ3v) is 4.36. The fourth-order valence-corrected chi connectivity index (χ4v) is 2.54.